The van der Waals surface area contributed by atoms with Crippen LogP contribution in [0.25, 0.3) is 0 Å². The third-order valence-corrected chi connectivity index (χ3v) is 3.39. The first-order valence-corrected chi connectivity index (χ1v) is 5.38. The van der Waals surface area contributed by atoms with E-state index in [2.05, 4.69) is 5.32 Å². The van der Waals surface area contributed by atoms with Crippen LogP contribution in [0.2, 0.25) is 0 Å². The summed E-state index contributed by atoms with van der Waals surface area (Å²) in [6.07, 6.45) is 7.29. The summed E-state index contributed by atoms with van der Waals surface area (Å²) in [5, 5.41) is 2.67. The van der Waals surface area contributed by atoms with E-state index in [1.165, 1.54) is 7.11 Å². The summed E-state index contributed by atoms with van der Waals surface area (Å²) in [4.78, 5) is 23.3. The third-order valence-electron chi connectivity index (χ3n) is 3.39. The van der Waals surface area contributed by atoms with Crippen LogP contribution in [0.3, 0.4) is 0 Å². The summed E-state index contributed by atoms with van der Waals surface area (Å²) in [5.74, 6) is -0.618. The van der Waals surface area contributed by atoms with Crippen LogP contribution in [0.15, 0.2) is 24.4 Å². The van der Waals surface area contributed by atoms with Gasteiger partial charge in [-0.2, -0.15) is 0 Å². The van der Waals surface area contributed by atoms with E-state index in [1.807, 2.05) is 25.2 Å². The fraction of sp³-hybridized carbons (Fsp3) is 0.500. The highest BCUT2D eigenvalue weighted by molar-refractivity contribution is 5.87. The lowest BCUT2D eigenvalue weighted by molar-refractivity contribution is -0.161. The molecule has 0 radical (unpaired) electrons. The van der Waals surface area contributed by atoms with E-state index in [0.717, 1.165) is 0 Å². The molecule has 0 aromatic heterocycles. The molecule has 1 saturated carbocycles. The Morgan fingerprint density at radius 2 is 2.31 bits per heavy atom. The van der Waals surface area contributed by atoms with Crippen molar-refractivity contribution in [2.24, 2.45) is 23.7 Å². The average Bonchev–Trinajstić information content (AvgIpc) is 2.26. The molecule has 0 spiro atoms. The number of amides is 1. The van der Waals surface area contributed by atoms with Crippen molar-refractivity contribution >= 4 is 11.9 Å². The van der Waals surface area contributed by atoms with Gasteiger partial charge in [0.1, 0.15) is 0 Å². The van der Waals surface area contributed by atoms with E-state index in [9.17, 15) is 9.59 Å². The standard InChI is InChI=1S/C12H15NO3/c1-3-4-7-9-8(5-6-13-11(9)14)10(7)12(15)16-2/h3-10H,1-2H3,(H,13,14)/b4-3+/t7-,8+,9+,10+/m1/s1. The maximum absolute atomic E-state index is 11.6. The van der Waals surface area contributed by atoms with Gasteiger partial charge in [-0.3, -0.25) is 9.59 Å². The average molecular weight is 221 g/mol. The van der Waals surface area contributed by atoms with Gasteiger partial charge in [-0.15, -0.1) is 0 Å². The number of carbonyl (C=O) groups excluding carboxylic acids is 2. The first-order chi connectivity index (χ1) is 7.70. The fourth-order valence-electron chi connectivity index (χ4n) is 2.65. The molecule has 4 nitrogen and oxygen atoms in total. The van der Waals surface area contributed by atoms with Gasteiger partial charge in [0.2, 0.25) is 5.91 Å². The number of methoxy groups -OCH3 is 1. The molecule has 2 rings (SSSR count). The normalized spacial score (nSPS) is 36.5. The maximum atomic E-state index is 11.6. The summed E-state index contributed by atoms with van der Waals surface area (Å²) < 4.78 is 4.78. The molecule has 0 aromatic rings. The highest BCUT2D eigenvalue weighted by Crippen LogP contribution is 2.49. The second-order valence-electron chi connectivity index (χ2n) is 4.12. The van der Waals surface area contributed by atoms with Crippen molar-refractivity contribution in [2.75, 3.05) is 7.11 Å². The van der Waals surface area contributed by atoms with Crippen LogP contribution in [0, 0.1) is 23.7 Å². The Balaban J connectivity index is 2.25. The summed E-state index contributed by atoms with van der Waals surface area (Å²) in [7, 11) is 1.38. The largest absolute Gasteiger partial charge is 0.469 e. The van der Waals surface area contributed by atoms with Gasteiger partial charge >= 0.3 is 5.97 Å². The minimum absolute atomic E-state index is 0.00393. The molecule has 1 aliphatic carbocycles. The van der Waals surface area contributed by atoms with Crippen molar-refractivity contribution in [3.63, 3.8) is 0 Å². The molecule has 0 bridgehead atoms. The van der Waals surface area contributed by atoms with Crippen LogP contribution in [0.5, 0.6) is 0 Å². The van der Waals surface area contributed by atoms with Crippen LogP contribution in [-0.2, 0) is 14.3 Å². The van der Waals surface area contributed by atoms with Crippen LogP contribution in [-0.4, -0.2) is 19.0 Å². The van der Waals surface area contributed by atoms with Gasteiger partial charge in [0, 0.05) is 18.0 Å². The Morgan fingerprint density at radius 1 is 1.56 bits per heavy atom. The lowest BCUT2D eigenvalue weighted by Crippen LogP contribution is -2.57. The predicted octanol–water partition coefficient (Wildman–Crippen LogP) is 0.857. The monoisotopic (exact) mass is 221 g/mol. The number of fused-ring (bicyclic) bond motifs is 1. The molecule has 1 amide bonds. The number of allylic oxidation sites excluding steroid dienone is 3. The molecular formula is C12H15NO3. The van der Waals surface area contributed by atoms with E-state index in [0.29, 0.717) is 0 Å². The second kappa shape index (κ2) is 4.12. The van der Waals surface area contributed by atoms with E-state index in [1.54, 1.807) is 6.20 Å². The highest BCUT2D eigenvalue weighted by atomic mass is 16.5. The molecule has 1 heterocycles. The summed E-state index contributed by atoms with van der Waals surface area (Å²) in [6, 6.07) is 0. The smallest absolute Gasteiger partial charge is 0.309 e. The van der Waals surface area contributed by atoms with Crippen LogP contribution in [0.4, 0.5) is 0 Å². The van der Waals surface area contributed by atoms with Gasteiger partial charge in [0.05, 0.1) is 18.9 Å². The quantitative estimate of drug-likeness (QED) is 0.555. The minimum Gasteiger partial charge on any atom is -0.469 e. The first-order valence-electron chi connectivity index (χ1n) is 5.38. The molecule has 0 unspecified atom stereocenters. The van der Waals surface area contributed by atoms with E-state index < -0.39 is 0 Å². The van der Waals surface area contributed by atoms with Crippen molar-refractivity contribution < 1.29 is 14.3 Å². The predicted molar refractivity (Wildman–Crippen MR) is 58.1 cm³/mol. The van der Waals surface area contributed by atoms with Crippen molar-refractivity contribution in [2.45, 2.75) is 6.92 Å². The summed E-state index contributed by atoms with van der Waals surface area (Å²) in [5.41, 5.74) is 0. The van der Waals surface area contributed by atoms with Gasteiger partial charge in [-0.25, -0.2) is 0 Å². The van der Waals surface area contributed by atoms with Crippen molar-refractivity contribution in [1.29, 1.82) is 0 Å². The van der Waals surface area contributed by atoms with Gasteiger partial charge in [0.15, 0.2) is 0 Å². The van der Waals surface area contributed by atoms with Crippen molar-refractivity contribution in [1.82, 2.24) is 5.32 Å². The molecule has 1 N–H and O–H groups in total. The number of rotatable bonds is 2. The van der Waals surface area contributed by atoms with Crippen molar-refractivity contribution in [3.05, 3.63) is 24.4 Å². The SMILES string of the molecule is C/C=C/[C@@H]1[C@@H]2C(=O)NC=C[C@@H]2[C@H]1C(=O)OC. The number of hydrogen-bond donors (Lipinski definition) is 1. The molecule has 4 heteroatoms. The van der Waals surface area contributed by atoms with Gasteiger partial charge in [0.25, 0.3) is 0 Å². The molecule has 0 saturated heterocycles. The van der Waals surface area contributed by atoms with Gasteiger partial charge < -0.3 is 10.1 Å². The second-order valence-corrected chi connectivity index (χ2v) is 4.12. The lowest BCUT2D eigenvalue weighted by Gasteiger charge is -2.48. The summed E-state index contributed by atoms with van der Waals surface area (Å²) >= 11 is 0. The zero-order valence-corrected chi connectivity index (χ0v) is 9.34. The summed E-state index contributed by atoms with van der Waals surface area (Å²) in [6.45, 7) is 1.89. The molecule has 0 aromatic carbocycles. The van der Waals surface area contributed by atoms with E-state index >= 15 is 0 Å². The van der Waals surface area contributed by atoms with Crippen LogP contribution < -0.4 is 5.32 Å². The van der Waals surface area contributed by atoms with Gasteiger partial charge in [-0.05, 0) is 6.92 Å². The topological polar surface area (TPSA) is 55.4 Å². The Morgan fingerprint density at radius 3 is 2.94 bits per heavy atom. The molecule has 4 atom stereocenters. The molecule has 86 valence electrons. The zero-order chi connectivity index (χ0) is 11.7. The van der Waals surface area contributed by atoms with Crippen LogP contribution in [0.1, 0.15) is 6.92 Å². The Kier molecular flexibility index (Phi) is 2.81. The number of nitrogens with one attached hydrogen (secondary N) is 1. The highest BCUT2D eigenvalue weighted by Gasteiger charge is 2.56. The molecule has 2 aliphatic rings. The Labute approximate surface area is 94.3 Å². The molecule has 16 heavy (non-hydrogen) atoms. The molecular weight excluding hydrogens is 206 g/mol. The maximum Gasteiger partial charge on any atom is 0.309 e. The molecule has 1 fully saturated rings. The van der Waals surface area contributed by atoms with Gasteiger partial charge in [-0.1, -0.05) is 18.2 Å². The number of carbonyl (C=O) groups is 2. The number of hydrogen-bond acceptors (Lipinski definition) is 3. The van der Waals surface area contributed by atoms with Crippen molar-refractivity contribution in [3.8, 4) is 0 Å². The fourth-order valence-corrected chi connectivity index (χ4v) is 2.65. The first kappa shape index (κ1) is 10.9. The Bertz CT molecular complexity index is 372. The molecule has 1 aliphatic heterocycles. The number of ether oxygens (including phenoxy) is 1. The van der Waals surface area contributed by atoms with Crippen LogP contribution >= 0.6 is 0 Å². The third kappa shape index (κ3) is 1.45. The lowest BCUT2D eigenvalue weighted by atomic mass is 9.55. The zero-order valence-electron chi connectivity index (χ0n) is 9.34. The Hall–Kier alpha value is -1.58. The number of esters is 1. The van der Waals surface area contributed by atoms with E-state index in [-0.39, 0.29) is 35.5 Å². The van der Waals surface area contributed by atoms with E-state index in [4.69, 9.17) is 4.74 Å². The minimum atomic E-state index is -0.233.